The first-order valence-corrected chi connectivity index (χ1v) is 7.12. The number of nitrogens with zero attached hydrogens (tertiary/aromatic N) is 1. The molecular weight excluding hydrogens is 292 g/mol. The molecule has 1 aromatic carbocycles. The highest BCUT2D eigenvalue weighted by Crippen LogP contribution is 2.29. The number of hydrogen-bond acceptors (Lipinski definition) is 3. The minimum Gasteiger partial charge on any atom is -0.383 e. The van der Waals surface area contributed by atoms with Crippen molar-refractivity contribution in [1.82, 2.24) is 5.32 Å². The Labute approximate surface area is 119 Å². The van der Waals surface area contributed by atoms with Gasteiger partial charge in [-0.1, -0.05) is 28.9 Å². The molecule has 0 saturated carbocycles. The van der Waals surface area contributed by atoms with E-state index < -0.39 is 0 Å². The van der Waals surface area contributed by atoms with Crippen LogP contribution in [0.15, 0.2) is 22.7 Å². The van der Waals surface area contributed by atoms with Gasteiger partial charge in [-0.2, -0.15) is 0 Å². The minimum absolute atomic E-state index is 0.350. The summed E-state index contributed by atoms with van der Waals surface area (Å²) in [5.41, 5.74) is 2.56. The summed E-state index contributed by atoms with van der Waals surface area (Å²) in [6.07, 6.45) is 0. The average Bonchev–Trinajstić information content (AvgIpc) is 2.36. The molecule has 1 aromatic rings. The van der Waals surface area contributed by atoms with E-state index in [9.17, 15) is 0 Å². The summed E-state index contributed by atoms with van der Waals surface area (Å²) in [4.78, 5) is 2.23. The highest BCUT2D eigenvalue weighted by Gasteiger charge is 2.13. The van der Waals surface area contributed by atoms with Crippen molar-refractivity contribution >= 4 is 21.6 Å². The summed E-state index contributed by atoms with van der Waals surface area (Å²) < 4.78 is 6.25. The number of halogens is 1. The van der Waals surface area contributed by atoms with Crippen molar-refractivity contribution in [3.05, 3.63) is 28.2 Å². The van der Waals surface area contributed by atoms with Crippen molar-refractivity contribution < 1.29 is 4.74 Å². The molecule has 1 atom stereocenters. The molecule has 0 saturated heterocycles. The van der Waals surface area contributed by atoms with E-state index in [0.29, 0.717) is 6.04 Å². The molecule has 0 heterocycles. The second-order valence-electron chi connectivity index (χ2n) is 4.40. The van der Waals surface area contributed by atoms with Gasteiger partial charge in [0.05, 0.1) is 6.61 Å². The molecular formula is C14H23BrN2O. The monoisotopic (exact) mass is 314 g/mol. The lowest BCUT2D eigenvalue weighted by Crippen LogP contribution is -2.26. The summed E-state index contributed by atoms with van der Waals surface area (Å²) in [6.45, 7) is 6.92. The first kappa shape index (κ1) is 15.5. The quantitative estimate of drug-likeness (QED) is 0.836. The first-order chi connectivity index (χ1) is 8.60. The minimum atomic E-state index is 0.350. The van der Waals surface area contributed by atoms with Crippen molar-refractivity contribution in [2.45, 2.75) is 19.9 Å². The number of hydrogen-bond donors (Lipinski definition) is 1. The number of methoxy groups -OCH3 is 1. The van der Waals surface area contributed by atoms with Crippen LogP contribution in [0.5, 0.6) is 0 Å². The fourth-order valence-electron chi connectivity index (χ4n) is 1.98. The summed E-state index contributed by atoms with van der Waals surface area (Å²) >= 11 is 3.54. The van der Waals surface area contributed by atoms with Gasteiger partial charge in [-0.25, -0.2) is 0 Å². The molecule has 3 nitrogen and oxygen atoms in total. The lowest BCUT2D eigenvalue weighted by atomic mass is 10.1. The van der Waals surface area contributed by atoms with E-state index in [1.54, 1.807) is 7.11 Å². The molecule has 0 aliphatic rings. The van der Waals surface area contributed by atoms with E-state index in [2.05, 4.69) is 65.2 Å². The third-order valence-corrected chi connectivity index (χ3v) is 3.50. The van der Waals surface area contributed by atoms with Gasteiger partial charge in [0.1, 0.15) is 0 Å². The Morgan fingerprint density at radius 1 is 1.44 bits per heavy atom. The van der Waals surface area contributed by atoms with Gasteiger partial charge in [-0.05, 0) is 31.2 Å². The van der Waals surface area contributed by atoms with Gasteiger partial charge in [-0.3, -0.25) is 0 Å². The lowest BCUT2D eigenvalue weighted by molar-refractivity contribution is 0.206. The van der Waals surface area contributed by atoms with E-state index in [4.69, 9.17) is 4.74 Å². The number of likely N-dealkylation sites (N-methyl/N-ethyl adjacent to an activating group) is 1. The Kier molecular flexibility index (Phi) is 6.68. The van der Waals surface area contributed by atoms with Crippen molar-refractivity contribution in [3.8, 4) is 0 Å². The summed E-state index contributed by atoms with van der Waals surface area (Å²) in [5.74, 6) is 0. The zero-order valence-corrected chi connectivity index (χ0v) is 13.3. The zero-order valence-electron chi connectivity index (χ0n) is 11.7. The molecule has 4 heteroatoms. The van der Waals surface area contributed by atoms with Crippen LogP contribution in [0, 0.1) is 0 Å². The predicted molar refractivity (Wildman–Crippen MR) is 81.4 cm³/mol. The van der Waals surface area contributed by atoms with Crippen LogP contribution in [0.4, 0.5) is 5.69 Å². The Morgan fingerprint density at radius 2 is 2.17 bits per heavy atom. The van der Waals surface area contributed by atoms with E-state index in [0.717, 1.165) is 24.2 Å². The molecule has 1 rings (SSSR count). The van der Waals surface area contributed by atoms with Crippen molar-refractivity contribution in [2.75, 3.05) is 38.8 Å². The highest BCUT2D eigenvalue weighted by atomic mass is 79.9. The Hall–Kier alpha value is -0.580. The zero-order chi connectivity index (χ0) is 13.5. The summed E-state index contributed by atoms with van der Waals surface area (Å²) in [5, 5.41) is 3.46. The van der Waals surface area contributed by atoms with E-state index in [1.807, 2.05) is 0 Å². The SMILES string of the molecule is CCNC(C)c1ccc(Br)cc1N(C)CCOC. The fraction of sp³-hybridized carbons (Fsp3) is 0.571. The van der Waals surface area contributed by atoms with E-state index in [-0.39, 0.29) is 0 Å². The third-order valence-electron chi connectivity index (χ3n) is 3.01. The molecule has 18 heavy (non-hydrogen) atoms. The molecule has 1 N–H and O–H groups in total. The van der Waals surface area contributed by atoms with Gasteiger partial charge in [0.25, 0.3) is 0 Å². The van der Waals surface area contributed by atoms with Gasteiger partial charge < -0.3 is 15.0 Å². The van der Waals surface area contributed by atoms with Gasteiger partial charge in [0.15, 0.2) is 0 Å². The molecule has 0 spiro atoms. The number of ether oxygens (including phenoxy) is 1. The second-order valence-corrected chi connectivity index (χ2v) is 5.31. The van der Waals surface area contributed by atoms with Crippen molar-refractivity contribution in [2.24, 2.45) is 0 Å². The second kappa shape index (κ2) is 7.77. The van der Waals surface area contributed by atoms with E-state index >= 15 is 0 Å². The molecule has 1 unspecified atom stereocenters. The lowest BCUT2D eigenvalue weighted by Gasteiger charge is -2.25. The first-order valence-electron chi connectivity index (χ1n) is 6.33. The predicted octanol–water partition coefficient (Wildman–Crippen LogP) is 3.20. The number of rotatable bonds is 7. The number of anilines is 1. The average molecular weight is 315 g/mol. The van der Waals surface area contributed by atoms with Crippen molar-refractivity contribution in [1.29, 1.82) is 0 Å². The van der Waals surface area contributed by atoms with Crippen LogP contribution in [-0.2, 0) is 4.74 Å². The number of nitrogens with one attached hydrogen (secondary N) is 1. The van der Waals surface area contributed by atoms with Gasteiger partial charge in [0, 0.05) is 36.9 Å². The Bertz CT molecular complexity index is 371. The maximum absolute atomic E-state index is 5.14. The van der Waals surface area contributed by atoms with Crippen LogP contribution in [-0.4, -0.2) is 33.9 Å². The number of benzene rings is 1. The van der Waals surface area contributed by atoms with Gasteiger partial charge in [-0.15, -0.1) is 0 Å². The molecule has 0 fully saturated rings. The van der Waals surface area contributed by atoms with Crippen molar-refractivity contribution in [3.63, 3.8) is 0 Å². The van der Waals surface area contributed by atoms with Gasteiger partial charge >= 0.3 is 0 Å². The summed E-state index contributed by atoms with van der Waals surface area (Å²) in [6, 6.07) is 6.79. The van der Waals surface area contributed by atoms with Crippen LogP contribution < -0.4 is 10.2 Å². The fourth-order valence-corrected chi connectivity index (χ4v) is 2.33. The molecule has 102 valence electrons. The van der Waals surface area contributed by atoms with Crippen LogP contribution >= 0.6 is 15.9 Å². The van der Waals surface area contributed by atoms with Crippen LogP contribution in [0.1, 0.15) is 25.5 Å². The summed E-state index contributed by atoms with van der Waals surface area (Å²) in [7, 11) is 3.83. The van der Waals surface area contributed by atoms with Crippen LogP contribution in [0.25, 0.3) is 0 Å². The maximum Gasteiger partial charge on any atom is 0.0637 e. The topological polar surface area (TPSA) is 24.5 Å². The Morgan fingerprint density at radius 3 is 2.78 bits per heavy atom. The highest BCUT2D eigenvalue weighted by molar-refractivity contribution is 9.10. The largest absolute Gasteiger partial charge is 0.383 e. The normalized spacial score (nSPS) is 12.5. The van der Waals surface area contributed by atoms with Crippen LogP contribution in [0.2, 0.25) is 0 Å². The molecule has 0 bridgehead atoms. The maximum atomic E-state index is 5.14. The molecule has 0 aromatic heterocycles. The molecule has 0 amide bonds. The third kappa shape index (κ3) is 4.26. The smallest absolute Gasteiger partial charge is 0.0637 e. The molecule has 0 aliphatic carbocycles. The van der Waals surface area contributed by atoms with Gasteiger partial charge in [0.2, 0.25) is 0 Å². The molecule has 0 radical (unpaired) electrons. The Balaban J connectivity index is 2.95. The van der Waals surface area contributed by atoms with E-state index in [1.165, 1.54) is 11.3 Å². The molecule has 0 aliphatic heterocycles. The standard InChI is InChI=1S/C14H23BrN2O/c1-5-16-11(2)13-7-6-12(15)10-14(13)17(3)8-9-18-4/h6-7,10-11,16H,5,8-9H2,1-4H3. The van der Waals surface area contributed by atoms with Crippen LogP contribution in [0.3, 0.4) is 0 Å².